The van der Waals surface area contributed by atoms with Crippen LogP contribution in [0.2, 0.25) is 5.02 Å². The van der Waals surface area contributed by atoms with Gasteiger partial charge in [0.2, 0.25) is 0 Å². The van der Waals surface area contributed by atoms with Gasteiger partial charge in [-0.1, -0.05) is 41.9 Å². The maximum Gasteiger partial charge on any atom is 0.346 e. The van der Waals surface area contributed by atoms with E-state index in [1.807, 2.05) is 36.4 Å². The van der Waals surface area contributed by atoms with Crippen LogP contribution in [0.5, 0.6) is 0 Å². The van der Waals surface area contributed by atoms with E-state index in [0.29, 0.717) is 16.0 Å². The van der Waals surface area contributed by atoms with Gasteiger partial charge in [0.25, 0.3) is 0 Å². The summed E-state index contributed by atoms with van der Waals surface area (Å²) in [5.74, 6) is 0. The minimum Gasteiger partial charge on any atom is -0.422 e. The summed E-state index contributed by atoms with van der Waals surface area (Å²) in [6, 6.07) is 16.5. The third-order valence-electron chi connectivity index (χ3n) is 2.88. The van der Waals surface area contributed by atoms with Crippen LogP contribution >= 0.6 is 11.6 Å². The Morgan fingerprint density at radius 3 is 2.50 bits per heavy atom. The summed E-state index contributed by atoms with van der Waals surface area (Å²) >= 11 is 6.26. The molecule has 2 aromatic carbocycles. The maximum absolute atomic E-state index is 11.9. The molecular formula is C16H10ClNO2. The molecule has 0 N–H and O–H groups in total. The number of nitrogens with zero attached hydrogens (tertiary/aromatic N) is 1. The van der Waals surface area contributed by atoms with Crippen LogP contribution in [0, 0.1) is 0 Å². The van der Waals surface area contributed by atoms with Gasteiger partial charge in [0.05, 0.1) is 16.3 Å². The third kappa shape index (κ3) is 2.36. The molecule has 0 fully saturated rings. The third-order valence-corrected chi connectivity index (χ3v) is 3.29. The molecule has 3 nitrogen and oxygen atoms in total. The van der Waals surface area contributed by atoms with Gasteiger partial charge in [-0.05, 0) is 24.3 Å². The molecule has 0 atom stereocenters. The molecule has 1 heterocycles. The Bertz CT molecular complexity index is 838. The highest BCUT2D eigenvalue weighted by Crippen LogP contribution is 2.24. The van der Waals surface area contributed by atoms with Gasteiger partial charge >= 0.3 is 5.63 Å². The van der Waals surface area contributed by atoms with Gasteiger partial charge in [0, 0.05) is 11.6 Å². The average Bonchev–Trinajstić information content (AvgIpc) is 2.48. The summed E-state index contributed by atoms with van der Waals surface area (Å²) in [6.45, 7) is 0. The van der Waals surface area contributed by atoms with Gasteiger partial charge in [-0.2, -0.15) is 0 Å². The summed E-state index contributed by atoms with van der Waals surface area (Å²) in [5, 5.41) is 1.06. The van der Waals surface area contributed by atoms with E-state index in [1.54, 1.807) is 18.2 Å². The fourth-order valence-electron chi connectivity index (χ4n) is 1.89. The molecule has 0 aliphatic heterocycles. The van der Waals surface area contributed by atoms with E-state index in [4.69, 9.17) is 16.0 Å². The van der Waals surface area contributed by atoms with E-state index in [0.717, 1.165) is 5.69 Å². The van der Waals surface area contributed by atoms with Gasteiger partial charge in [-0.25, -0.2) is 4.79 Å². The standard InChI is InChI=1S/C16H10ClNO2/c17-15-12-8-4-5-9-14(12)20-16(19)13(15)10-18-11-6-2-1-3-7-11/h1-10H. The monoisotopic (exact) mass is 283 g/mol. The maximum atomic E-state index is 11.9. The molecule has 0 saturated carbocycles. The molecule has 20 heavy (non-hydrogen) atoms. The van der Waals surface area contributed by atoms with Crippen molar-refractivity contribution in [3.05, 3.63) is 75.6 Å². The molecular weight excluding hydrogens is 274 g/mol. The zero-order valence-corrected chi connectivity index (χ0v) is 11.2. The smallest absolute Gasteiger partial charge is 0.346 e. The van der Waals surface area contributed by atoms with Gasteiger partial charge in [-0.3, -0.25) is 4.99 Å². The number of aliphatic imine (C=N–C) groups is 1. The van der Waals surface area contributed by atoms with Crippen molar-refractivity contribution in [1.82, 2.24) is 0 Å². The van der Waals surface area contributed by atoms with Gasteiger partial charge in [-0.15, -0.1) is 0 Å². The first-order valence-electron chi connectivity index (χ1n) is 6.06. The number of rotatable bonds is 2. The molecule has 0 bridgehead atoms. The molecule has 98 valence electrons. The minimum absolute atomic E-state index is 0.259. The van der Waals surface area contributed by atoms with E-state index in [1.165, 1.54) is 6.21 Å². The zero-order valence-electron chi connectivity index (χ0n) is 10.4. The Kier molecular flexibility index (Phi) is 3.35. The lowest BCUT2D eigenvalue weighted by molar-refractivity contribution is 0.560. The summed E-state index contributed by atoms with van der Waals surface area (Å²) in [6.07, 6.45) is 1.44. The minimum atomic E-state index is -0.492. The van der Waals surface area contributed by atoms with E-state index in [-0.39, 0.29) is 5.56 Å². The molecule has 0 unspecified atom stereocenters. The number of benzene rings is 2. The van der Waals surface area contributed by atoms with Crippen molar-refractivity contribution in [2.45, 2.75) is 0 Å². The van der Waals surface area contributed by atoms with Gasteiger partial charge < -0.3 is 4.42 Å². The molecule has 0 aliphatic carbocycles. The Labute approximate surface area is 120 Å². The second-order valence-electron chi connectivity index (χ2n) is 4.21. The van der Waals surface area contributed by atoms with Crippen LogP contribution in [0.15, 0.2) is 68.8 Å². The molecule has 0 amide bonds. The first-order valence-corrected chi connectivity index (χ1v) is 6.44. The van der Waals surface area contributed by atoms with E-state index >= 15 is 0 Å². The Hall–Kier alpha value is -2.39. The lowest BCUT2D eigenvalue weighted by atomic mass is 10.2. The molecule has 0 aliphatic rings. The van der Waals surface area contributed by atoms with Crippen LogP contribution in [-0.2, 0) is 0 Å². The average molecular weight is 284 g/mol. The molecule has 0 saturated heterocycles. The second-order valence-corrected chi connectivity index (χ2v) is 4.59. The molecule has 0 spiro atoms. The fourth-order valence-corrected chi connectivity index (χ4v) is 2.17. The first-order chi connectivity index (χ1) is 9.75. The lowest BCUT2D eigenvalue weighted by Gasteiger charge is -2.01. The van der Waals surface area contributed by atoms with Crippen molar-refractivity contribution >= 4 is 34.5 Å². The van der Waals surface area contributed by atoms with Crippen LogP contribution in [0.1, 0.15) is 5.56 Å². The zero-order chi connectivity index (χ0) is 13.9. The second kappa shape index (κ2) is 5.31. The Balaban J connectivity index is 2.12. The summed E-state index contributed by atoms with van der Waals surface area (Å²) in [4.78, 5) is 16.2. The number of para-hydroxylation sites is 2. The molecule has 3 aromatic rings. The normalized spacial score (nSPS) is 11.2. The molecule has 3 rings (SSSR count). The van der Waals surface area contributed by atoms with Crippen molar-refractivity contribution < 1.29 is 4.42 Å². The number of fused-ring (bicyclic) bond motifs is 1. The van der Waals surface area contributed by atoms with Gasteiger partial charge in [0.1, 0.15) is 5.58 Å². The van der Waals surface area contributed by atoms with Crippen molar-refractivity contribution in [2.24, 2.45) is 4.99 Å². The fraction of sp³-hybridized carbons (Fsp3) is 0. The van der Waals surface area contributed by atoms with E-state index in [9.17, 15) is 4.79 Å². The lowest BCUT2D eigenvalue weighted by Crippen LogP contribution is -2.07. The SMILES string of the molecule is O=c1oc2ccccc2c(Cl)c1C=Nc1ccccc1. The Morgan fingerprint density at radius 2 is 1.70 bits per heavy atom. The number of hydrogen-bond acceptors (Lipinski definition) is 3. The van der Waals surface area contributed by atoms with Crippen LogP contribution in [-0.4, -0.2) is 6.21 Å². The topological polar surface area (TPSA) is 42.6 Å². The molecule has 0 radical (unpaired) electrons. The highest BCUT2D eigenvalue weighted by atomic mass is 35.5. The van der Waals surface area contributed by atoms with Crippen LogP contribution in [0.4, 0.5) is 5.69 Å². The van der Waals surface area contributed by atoms with Crippen molar-refractivity contribution in [3.8, 4) is 0 Å². The largest absolute Gasteiger partial charge is 0.422 e. The van der Waals surface area contributed by atoms with Crippen LogP contribution < -0.4 is 5.63 Å². The molecule has 4 heteroatoms. The summed E-state index contributed by atoms with van der Waals surface area (Å²) in [5.41, 5.74) is 0.984. The van der Waals surface area contributed by atoms with E-state index < -0.39 is 5.63 Å². The predicted molar refractivity (Wildman–Crippen MR) is 81.2 cm³/mol. The highest BCUT2D eigenvalue weighted by molar-refractivity contribution is 6.37. The van der Waals surface area contributed by atoms with Crippen molar-refractivity contribution in [3.63, 3.8) is 0 Å². The van der Waals surface area contributed by atoms with Gasteiger partial charge in [0.15, 0.2) is 0 Å². The number of halogens is 1. The summed E-state index contributed by atoms with van der Waals surface area (Å²) in [7, 11) is 0. The van der Waals surface area contributed by atoms with E-state index in [2.05, 4.69) is 4.99 Å². The van der Waals surface area contributed by atoms with Crippen LogP contribution in [0.3, 0.4) is 0 Å². The number of hydrogen-bond donors (Lipinski definition) is 0. The highest BCUT2D eigenvalue weighted by Gasteiger charge is 2.10. The predicted octanol–water partition coefficient (Wildman–Crippen LogP) is 4.20. The summed E-state index contributed by atoms with van der Waals surface area (Å²) < 4.78 is 5.23. The first kappa shape index (κ1) is 12.6. The quantitative estimate of drug-likeness (QED) is 0.522. The Morgan fingerprint density at radius 1 is 1.00 bits per heavy atom. The van der Waals surface area contributed by atoms with Crippen molar-refractivity contribution in [1.29, 1.82) is 0 Å². The van der Waals surface area contributed by atoms with Crippen molar-refractivity contribution in [2.75, 3.05) is 0 Å². The molecule has 1 aromatic heterocycles. The van der Waals surface area contributed by atoms with Crippen LogP contribution in [0.25, 0.3) is 11.0 Å².